The van der Waals surface area contributed by atoms with Gasteiger partial charge in [-0.15, -0.1) is 0 Å². The summed E-state index contributed by atoms with van der Waals surface area (Å²) in [5.74, 6) is 0.760. The fourth-order valence-electron chi connectivity index (χ4n) is 2.77. The SMILES string of the molecule is Cc1cc2c(c(=O)o1)[C@H]1CC(=O)[C@H](C(C)C)O[C@H]1O2. The minimum Gasteiger partial charge on any atom is -0.464 e. The molecule has 1 fully saturated rings. The van der Waals surface area contributed by atoms with E-state index in [0.29, 0.717) is 17.1 Å². The summed E-state index contributed by atoms with van der Waals surface area (Å²) in [6, 6.07) is 1.67. The molecule has 1 saturated heterocycles. The zero-order valence-electron chi connectivity index (χ0n) is 11.1. The minimum atomic E-state index is -0.551. The largest absolute Gasteiger partial charge is 0.464 e. The van der Waals surface area contributed by atoms with E-state index in [-0.39, 0.29) is 24.0 Å². The van der Waals surface area contributed by atoms with E-state index < -0.39 is 18.0 Å². The van der Waals surface area contributed by atoms with Crippen LogP contribution >= 0.6 is 0 Å². The molecular weight excluding hydrogens is 248 g/mol. The van der Waals surface area contributed by atoms with E-state index in [9.17, 15) is 9.59 Å². The Morgan fingerprint density at radius 2 is 2.05 bits per heavy atom. The highest BCUT2D eigenvalue weighted by Gasteiger charge is 2.47. The van der Waals surface area contributed by atoms with Gasteiger partial charge >= 0.3 is 5.63 Å². The number of ether oxygens (including phenoxy) is 2. The van der Waals surface area contributed by atoms with Crippen LogP contribution in [0.15, 0.2) is 15.3 Å². The number of rotatable bonds is 1. The Morgan fingerprint density at radius 1 is 1.32 bits per heavy atom. The van der Waals surface area contributed by atoms with Crippen LogP contribution in [0.25, 0.3) is 0 Å². The molecular formula is C14H16O5. The molecule has 0 aromatic carbocycles. The summed E-state index contributed by atoms with van der Waals surface area (Å²) in [7, 11) is 0. The third-order valence-corrected chi connectivity index (χ3v) is 3.64. The van der Waals surface area contributed by atoms with Gasteiger partial charge in [0.1, 0.15) is 17.6 Å². The lowest BCUT2D eigenvalue weighted by molar-refractivity contribution is -0.175. The van der Waals surface area contributed by atoms with Crippen LogP contribution < -0.4 is 10.4 Å². The summed E-state index contributed by atoms with van der Waals surface area (Å²) in [5.41, 5.74) is 0.00746. The number of hydrogen-bond donors (Lipinski definition) is 0. The van der Waals surface area contributed by atoms with Crippen molar-refractivity contribution in [1.82, 2.24) is 0 Å². The number of aryl methyl sites for hydroxylation is 1. The van der Waals surface area contributed by atoms with Crippen LogP contribution in [0.3, 0.4) is 0 Å². The molecule has 0 radical (unpaired) electrons. The fraction of sp³-hybridized carbons (Fsp3) is 0.571. The lowest BCUT2D eigenvalue weighted by atomic mass is 9.88. The van der Waals surface area contributed by atoms with Gasteiger partial charge in [-0.2, -0.15) is 0 Å². The maximum Gasteiger partial charge on any atom is 0.343 e. The summed E-state index contributed by atoms with van der Waals surface area (Å²) >= 11 is 0. The van der Waals surface area contributed by atoms with Crippen molar-refractivity contribution in [3.05, 3.63) is 27.8 Å². The average molecular weight is 264 g/mol. The topological polar surface area (TPSA) is 65.7 Å². The standard InChI is InChI=1S/C14H16O5/c1-6(2)12-9(15)5-8-11-10(18-14(8)19-12)4-7(3)17-13(11)16/h4,6,8,12,14H,5H2,1-3H3/t8-,12+,14-/m1/s1. The second-order valence-corrected chi connectivity index (χ2v) is 5.49. The monoisotopic (exact) mass is 264 g/mol. The molecule has 0 aliphatic carbocycles. The smallest absolute Gasteiger partial charge is 0.343 e. The zero-order valence-corrected chi connectivity index (χ0v) is 11.1. The van der Waals surface area contributed by atoms with Crippen LogP contribution in [-0.2, 0) is 9.53 Å². The maximum absolute atomic E-state index is 12.1. The van der Waals surface area contributed by atoms with E-state index in [0.717, 1.165) is 0 Å². The van der Waals surface area contributed by atoms with Crippen molar-refractivity contribution in [2.24, 2.45) is 5.92 Å². The fourth-order valence-corrected chi connectivity index (χ4v) is 2.77. The highest BCUT2D eigenvalue weighted by Crippen LogP contribution is 2.43. The van der Waals surface area contributed by atoms with Crippen molar-refractivity contribution < 1.29 is 18.7 Å². The van der Waals surface area contributed by atoms with Gasteiger partial charge in [0.2, 0.25) is 6.29 Å². The van der Waals surface area contributed by atoms with Gasteiger partial charge in [0.15, 0.2) is 5.78 Å². The van der Waals surface area contributed by atoms with Crippen molar-refractivity contribution in [3.63, 3.8) is 0 Å². The summed E-state index contributed by atoms with van der Waals surface area (Å²) in [5, 5.41) is 0. The second kappa shape index (κ2) is 4.20. The van der Waals surface area contributed by atoms with Crippen molar-refractivity contribution in [2.45, 2.75) is 45.5 Å². The van der Waals surface area contributed by atoms with Gasteiger partial charge in [0, 0.05) is 12.5 Å². The molecule has 0 N–H and O–H groups in total. The summed E-state index contributed by atoms with van der Waals surface area (Å²) in [4.78, 5) is 23.9. The molecule has 3 atom stereocenters. The van der Waals surface area contributed by atoms with Gasteiger partial charge in [-0.3, -0.25) is 4.79 Å². The number of ketones is 1. The molecule has 0 unspecified atom stereocenters. The molecule has 3 heterocycles. The average Bonchev–Trinajstić information content (AvgIpc) is 2.64. The van der Waals surface area contributed by atoms with Gasteiger partial charge < -0.3 is 13.9 Å². The molecule has 19 heavy (non-hydrogen) atoms. The van der Waals surface area contributed by atoms with E-state index in [1.807, 2.05) is 13.8 Å². The van der Waals surface area contributed by atoms with Crippen molar-refractivity contribution in [1.29, 1.82) is 0 Å². The first-order chi connectivity index (χ1) is 8.97. The first kappa shape index (κ1) is 12.4. The van der Waals surface area contributed by atoms with E-state index in [4.69, 9.17) is 13.9 Å². The Bertz CT molecular complexity index is 586. The van der Waals surface area contributed by atoms with E-state index >= 15 is 0 Å². The van der Waals surface area contributed by atoms with Crippen LogP contribution in [-0.4, -0.2) is 18.2 Å². The lowest BCUT2D eigenvalue weighted by Gasteiger charge is -2.31. The van der Waals surface area contributed by atoms with Gasteiger partial charge in [-0.25, -0.2) is 4.79 Å². The molecule has 0 saturated carbocycles. The summed E-state index contributed by atoms with van der Waals surface area (Å²) in [6.07, 6.45) is -0.734. The highest BCUT2D eigenvalue weighted by atomic mass is 16.7. The van der Waals surface area contributed by atoms with Crippen LogP contribution in [0.5, 0.6) is 5.75 Å². The number of carbonyl (C=O) groups is 1. The van der Waals surface area contributed by atoms with E-state index in [1.54, 1.807) is 13.0 Å². The number of fused-ring (bicyclic) bond motifs is 3. The van der Waals surface area contributed by atoms with Crippen molar-refractivity contribution in [2.75, 3.05) is 0 Å². The van der Waals surface area contributed by atoms with Crippen LogP contribution in [0.1, 0.15) is 37.5 Å². The Balaban J connectivity index is 1.98. The minimum absolute atomic E-state index is 0.0210. The molecule has 0 bridgehead atoms. The molecule has 5 heteroatoms. The Labute approximate surface area is 110 Å². The Kier molecular flexibility index (Phi) is 2.74. The van der Waals surface area contributed by atoms with Crippen LogP contribution in [0.2, 0.25) is 0 Å². The lowest BCUT2D eigenvalue weighted by Crippen LogP contribution is -2.43. The normalized spacial score (nSPS) is 29.1. The van der Waals surface area contributed by atoms with E-state index in [1.165, 1.54) is 0 Å². The summed E-state index contributed by atoms with van der Waals surface area (Å²) < 4.78 is 16.5. The molecule has 1 aromatic heterocycles. The number of carbonyl (C=O) groups excluding carboxylic acids is 1. The van der Waals surface area contributed by atoms with E-state index in [2.05, 4.69) is 0 Å². The first-order valence-electron chi connectivity index (χ1n) is 6.47. The third kappa shape index (κ3) is 1.89. The molecule has 0 spiro atoms. The Hall–Kier alpha value is -1.62. The molecule has 2 aliphatic heterocycles. The van der Waals surface area contributed by atoms with Crippen molar-refractivity contribution >= 4 is 5.78 Å². The Morgan fingerprint density at radius 3 is 2.74 bits per heavy atom. The summed E-state index contributed by atoms with van der Waals surface area (Å²) in [6.45, 7) is 5.56. The molecule has 2 aliphatic rings. The number of hydrogen-bond acceptors (Lipinski definition) is 5. The molecule has 5 nitrogen and oxygen atoms in total. The molecule has 102 valence electrons. The molecule has 3 rings (SSSR count). The van der Waals surface area contributed by atoms with Gasteiger partial charge in [0.25, 0.3) is 0 Å². The molecule has 0 amide bonds. The van der Waals surface area contributed by atoms with Gasteiger partial charge in [-0.1, -0.05) is 13.8 Å². The zero-order chi connectivity index (χ0) is 13.7. The third-order valence-electron chi connectivity index (χ3n) is 3.64. The highest BCUT2D eigenvalue weighted by molar-refractivity contribution is 5.85. The number of Topliss-reactive ketones (excluding diaryl/α,β-unsaturated/α-hetero) is 1. The van der Waals surface area contributed by atoms with Gasteiger partial charge in [-0.05, 0) is 12.8 Å². The van der Waals surface area contributed by atoms with Crippen LogP contribution in [0, 0.1) is 12.8 Å². The quantitative estimate of drug-likeness (QED) is 0.773. The van der Waals surface area contributed by atoms with Crippen LogP contribution in [0.4, 0.5) is 0 Å². The first-order valence-corrected chi connectivity index (χ1v) is 6.47. The predicted octanol–water partition coefficient (Wildman–Crippen LogP) is 1.76. The predicted molar refractivity (Wildman–Crippen MR) is 66.2 cm³/mol. The molecule has 1 aromatic rings. The van der Waals surface area contributed by atoms with Crippen molar-refractivity contribution in [3.8, 4) is 5.75 Å². The van der Waals surface area contributed by atoms with Gasteiger partial charge in [0.05, 0.1) is 11.5 Å². The maximum atomic E-state index is 12.1. The second-order valence-electron chi connectivity index (χ2n) is 5.49.